The Morgan fingerprint density at radius 1 is 1.15 bits per heavy atom. The van der Waals surface area contributed by atoms with E-state index < -0.39 is 11.9 Å². The number of ether oxygens (including phenoxy) is 1. The number of carbonyl (C=O) groups excluding carboxylic acids is 3. The van der Waals surface area contributed by atoms with Crippen molar-refractivity contribution in [2.24, 2.45) is 0 Å². The molecule has 0 aliphatic heterocycles. The largest absolute Gasteiger partial charge is 0.550 e. The number of rotatable bonds is 7. The molecule has 1 N–H and O–H groups in total. The van der Waals surface area contributed by atoms with Crippen LogP contribution in [0.4, 0.5) is 5.69 Å². The molecule has 0 radical (unpaired) electrons. The number of amides is 1. The van der Waals surface area contributed by atoms with E-state index in [9.17, 15) is 19.5 Å². The molecular formula is C14H16NO5-. The van der Waals surface area contributed by atoms with Crippen molar-refractivity contribution >= 4 is 23.5 Å². The van der Waals surface area contributed by atoms with Gasteiger partial charge in [-0.25, -0.2) is 4.79 Å². The molecule has 1 amide bonds. The zero-order valence-corrected chi connectivity index (χ0v) is 11.2. The lowest BCUT2D eigenvalue weighted by molar-refractivity contribution is -0.305. The Morgan fingerprint density at radius 2 is 1.80 bits per heavy atom. The Bertz CT molecular complexity index is 481. The molecule has 108 valence electrons. The maximum atomic E-state index is 11.5. The molecule has 0 unspecified atom stereocenters. The first-order valence-corrected chi connectivity index (χ1v) is 6.29. The summed E-state index contributed by atoms with van der Waals surface area (Å²) < 4.78 is 4.84. The summed E-state index contributed by atoms with van der Waals surface area (Å²) in [5.41, 5.74) is 0.943. The lowest BCUT2D eigenvalue weighted by Gasteiger charge is -2.07. The molecule has 0 saturated carbocycles. The van der Waals surface area contributed by atoms with Gasteiger partial charge in [-0.1, -0.05) is 0 Å². The maximum absolute atomic E-state index is 11.5. The minimum absolute atomic E-state index is 0.105. The molecule has 6 heteroatoms. The third-order valence-corrected chi connectivity index (χ3v) is 2.46. The molecule has 0 fully saturated rings. The maximum Gasteiger partial charge on any atom is 0.338 e. The predicted molar refractivity (Wildman–Crippen MR) is 69.9 cm³/mol. The molecule has 0 bridgehead atoms. The molecule has 0 atom stereocenters. The third-order valence-electron chi connectivity index (χ3n) is 2.46. The predicted octanol–water partition coefficient (Wildman–Crippen LogP) is 0.722. The van der Waals surface area contributed by atoms with Crippen LogP contribution in [-0.2, 0) is 14.3 Å². The highest BCUT2D eigenvalue weighted by molar-refractivity contribution is 5.93. The second kappa shape index (κ2) is 7.93. The Morgan fingerprint density at radius 3 is 2.35 bits per heavy atom. The van der Waals surface area contributed by atoms with Crippen molar-refractivity contribution < 1.29 is 24.2 Å². The molecule has 20 heavy (non-hydrogen) atoms. The van der Waals surface area contributed by atoms with Gasteiger partial charge in [-0.2, -0.15) is 0 Å². The zero-order chi connectivity index (χ0) is 15.0. The normalized spacial score (nSPS) is 9.85. The van der Waals surface area contributed by atoms with E-state index in [4.69, 9.17) is 4.74 Å². The van der Waals surface area contributed by atoms with Crippen LogP contribution in [0.5, 0.6) is 0 Å². The summed E-state index contributed by atoms with van der Waals surface area (Å²) in [4.78, 5) is 33.1. The van der Waals surface area contributed by atoms with Crippen LogP contribution >= 0.6 is 0 Å². The molecule has 0 saturated heterocycles. The Hall–Kier alpha value is -2.37. The number of aliphatic carboxylic acids is 1. The van der Waals surface area contributed by atoms with Crippen LogP contribution in [0.1, 0.15) is 36.5 Å². The fourth-order valence-electron chi connectivity index (χ4n) is 1.52. The van der Waals surface area contributed by atoms with E-state index in [1.807, 2.05) is 0 Å². The topological polar surface area (TPSA) is 95.5 Å². The van der Waals surface area contributed by atoms with E-state index in [0.29, 0.717) is 17.9 Å². The van der Waals surface area contributed by atoms with Crippen molar-refractivity contribution in [2.75, 3.05) is 11.9 Å². The average Bonchev–Trinajstić information content (AvgIpc) is 2.39. The van der Waals surface area contributed by atoms with Gasteiger partial charge >= 0.3 is 5.97 Å². The number of hydrogen-bond donors (Lipinski definition) is 1. The van der Waals surface area contributed by atoms with Gasteiger partial charge in [0.05, 0.1) is 12.2 Å². The summed E-state index contributed by atoms with van der Waals surface area (Å²) in [7, 11) is 0. The highest BCUT2D eigenvalue weighted by Crippen LogP contribution is 2.11. The van der Waals surface area contributed by atoms with E-state index in [0.717, 1.165) is 0 Å². The summed E-state index contributed by atoms with van der Waals surface area (Å²) in [5, 5.41) is 12.8. The van der Waals surface area contributed by atoms with Gasteiger partial charge in [0.2, 0.25) is 5.91 Å². The minimum Gasteiger partial charge on any atom is -0.550 e. The van der Waals surface area contributed by atoms with Crippen molar-refractivity contribution in [3.8, 4) is 0 Å². The van der Waals surface area contributed by atoms with Crippen molar-refractivity contribution in [3.63, 3.8) is 0 Å². The highest BCUT2D eigenvalue weighted by Gasteiger charge is 2.07. The lowest BCUT2D eigenvalue weighted by atomic mass is 10.2. The van der Waals surface area contributed by atoms with Gasteiger partial charge in [0.15, 0.2) is 0 Å². The fourth-order valence-corrected chi connectivity index (χ4v) is 1.52. The SMILES string of the molecule is CCOC(=O)c1ccc(NC(=O)CCCC(=O)[O-])cc1. The second-order valence-corrected chi connectivity index (χ2v) is 4.07. The number of carbonyl (C=O) groups is 3. The molecule has 6 nitrogen and oxygen atoms in total. The van der Waals surface area contributed by atoms with Crippen LogP contribution in [0.15, 0.2) is 24.3 Å². The zero-order valence-electron chi connectivity index (χ0n) is 11.2. The molecule has 0 heterocycles. The number of carboxylic acids is 1. The van der Waals surface area contributed by atoms with E-state index in [1.54, 1.807) is 31.2 Å². The summed E-state index contributed by atoms with van der Waals surface area (Å²) >= 11 is 0. The van der Waals surface area contributed by atoms with Crippen LogP contribution in [0.3, 0.4) is 0 Å². The Balaban J connectivity index is 2.46. The Kier molecular flexibility index (Phi) is 6.22. The van der Waals surface area contributed by atoms with Crippen LogP contribution in [0.2, 0.25) is 0 Å². The third kappa shape index (κ3) is 5.51. The molecule has 0 spiro atoms. The van der Waals surface area contributed by atoms with Crippen molar-refractivity contribution in [2.45, 2.75) is 26.2 Å². The number of benzene rings is 1. The molecule has 1 aromatic rings. The van der Waals surface area contributed by atoms with Crippen LogP contribution < -0.4 is 10.4 Å². The van der Waals surface area contributed by atoms with Gasteiger partial charge in [-0.15, -0.1) is 0 Å². The van der Waals surface area contributed by atoms with E-state index in [-0.39, 0.29) is 25.2 Å². The molecule has 0 aliphatic rings. The standard InChI is InChI=1S/C14H17NO5/c1-2-20-14(19)10-6-8-11(9-7-10)15-12(16)4-3-5-13(17)18/h6-9H,2-5H2,1H3,(H,15,16)(H,17,18)/p-1. The molecule has 0 aromatic heterocycles. The average molecular weight is 278 g/mol. The molecule has 1 aromatic carbocycles. The highest BCUT2D eigenvalue weighted by atomic mass is 16.5. The van der Waals surface area contributed by atoms with Gasteiger partial charge < -0.3 is 20.0 Å². The molecule has 1 rings (SSSR count). The number of nitrogens with one attached hydrogen (secondary N) is 1. The van der Waals surface area contributed by atoms with E-state index in [1.165, 1.54) is 0 Å². The van der Waals surface area contributed by atoms with Crippen molar-refractivity contribution in [3.05, 3.63) is 29.8 Å². The fraction of sp³-hybridized carbons (Fsp3) is 0.357. The number of carboxylic acid groups (broad SMARTS) is 1. The van der Waals surface area contributed by atoms with Crippen LogP contribution in [0, 0.1) is 0 Å². The van der Waals surface area contributed by atoms with Gasteiger partial charge in [-0.3, -0.25) is 4.79 Å². The summed E-state index contributed by atoms with van der Waals surface area (Å²) in [6.45, 7) is 2.02. The molecular weight excluding hydrogens is 262 g/mol. The van der Waals surface area contributed by atoms with Crippen molar-refractivity contribution in [1.29, 1.82) is 0 Å². The first-order chi connectivity index (χ1) is 9.52. The number of anilines is 1. The van der Waals surface area contributed by atoms with Gasteiger partial charge in [0.1, 0.15) is 0 Å². The minimum atomic E-state index is -1.17. The lowest BCUT2D eigenvalue weighted by Crippen LogP contribution is -2.22. The van der Waals surface area contributed by atoms with Gasteiger partial charge in [-0.05, 0) is 44.0 Å². The van der Waals surface area contributed by atoms with Crippen LogP contribution in [-0.4, -0.2) is 24.5 Å². The smallest absolute Gasteiger partial charge is 0.338 e. The van der Waals surface area contributed by atoms with Gasteiger partial charge in [0.25, 0.3) is 0 Å². The first kappa shape index (κ1) is 15.7. The van der Waals surface area contributed by atoms with E-state index in [2.05, 4.69) is 5.32 Å². The monoisotopic (exact) mass is 278 g/mol. The first-order valence-electron chi connectivity index (χ1n) is 6.29. The number of esters is 1. The number of hydrogen-bond acceptors (Lipinski definition) is 5. The van der Waals surface area contributed by atoms with Crippen LogP contribution in [0.25, 0.3) is 0 Å². The summed E-state index contributed by atoms with van der Waals surface area (Å²) in [6, 6.07) is 6.27. The van der Waals surface area contributed by atoms with Gasteiger partial charge in [0, 0.05) is 18.1 Å². The Labute approximate surface area is 116 Å². The van der Waals surface area contributed by atoms with E-state index >= 15 is 0 Å². The molecule has 0 aliphatic carbocycles. The summed E-state index contributed by atoms with van der Waals surface area (Å²) in [5.74, 6) is -1.87. The second-order valence-electron chi connectivity index (χ2n) is 4.07. The quantitative estimate of drug-likeness (QED) is 0.741. The van der Waals surface area contributed by atoms with Crippen molar-refractivity contribution in [1.82, 2.24) is 0 Å². The summed E-state index contributed by atoms with van der Waals surface area (Å²) in [6.07, 6.45) is 0.192.